The first-order valence-electron chi connectivity index (χ1n) is 9.65. The van der Waals surface area contributed by atoms with Crippen molar-refractivity contribution in [1.29, 1.82) is 0 Å². The molecule has 1 fully saturated rings. The summed E-state index contributed by atoms with van der Waals surface area (Å²) in [6, 6.07) is 11.0. The minimum Gasteiger partial charge on any atom is -0.294 e. The van der Waals surface area contributed by atoms with Crippen LogP contribution in [0.1, 0.15) is 62.2 Å². The van der Waals surface area contributed by atoms with Crippen molar-refractivity contribution >= 4 is 5.78 Å². The number of carbonyl (C=O) groups excluding carboxylic acids is 1. The van der Waals surface area contributed by atoms with E-state index in [-0.39, 0.29) is 5.78 Å². The highest BCUT2D eigenvalue weighted by atomic mass is 19.2. The Morgan fingerprint density at radius 2 is 1.50 bits per heavy atom. The number of halogens is 2. The molecule has 0 saturated heterocycles. The molecule has 0 spiro atoms. The van der Waals surface area contributed by atoms with E-state index in [0.29, 0.717) is 23.5 Å². The molecule has 1 saturated carbocycles. The van der Waals surface area contributed by atoms with Crippen LogP contribution in [0.15, 0.2) is 42.5 Å². The lowest BCUT2D eigenvalue weighted by Crippen LogP contribution is -2.17. The summed E-state index contributed by atoms with van der Waals surface area (Å²) in [7, 11) is 0. The van der Waals surface area contributed by atoms with Crippen molar-refractivity contribution in [2.75, 3.05) is 0 Å². The van der Waals surface area contributed by atoms with Gasteiger partial charge >= 0.3 is 0 Å². The zero-order valence-corrected chi connectivity index (χ0v) is 15.3. The third-order valence-electron chi connectivity index (χ3n) is 5.60. The van der Waals surface area contributed by atoms with Crippen LogP contribution in [0.25, 0.3) is 11.1 Å². The largest absolute Gasteiger partial charge is 0.294 e. The van der Waals surface area contributed by atoms with Crippen molar-refractivity contribution in [3.63, 3.8) is 0 Å². The van der Waals surface area contributed by atoms with E-state index in [2.05, 4.69) is 6.92 Å². The molecule has 0 N–H and O–H groups in total. The second kappa shape index (κ2) is 8.57. The fourth-order valence-electron chi connectivity index (χ4n) is 4.04. The molecule has 1 aliphatic rings. The average Bonchev–Trinajstić information content (AvgIpc) is 2.66. The van der Waals surface area contributed by atoms with Crippen LogP contribution in [-0.2, 0) is 0 Å². The zero-order chi connectivity index (χ0) is 18.5. The van der Waals surface area contributed by atoms with Crippen molar-refractivity contribution in [3.05, 3.63) is 59.7 Å². The van der Waals surface area contributed by atoms with Gasteiger partial charge in [0, 0.05) is 12.0 Å². The van der Waals surface area contributed by atoms with E-state index in [1.54, 1.807) is 30.3 Å². The Morgan fingerprint density at radius 3 is 2.12 bits per heavy atom. The molecule has 0 aliphatic heterocycles. The van der Waals surface area contributed by atoms with Gasteiger partial charge in [0.1, 0.15) is 0 Å². The highest BCUT2D eigenvalue weighted by Gasteiger charge is 2.23. The van der Waals surface area contributed by atoms with Crippen LogP contribution in [0.5, 0.6) is 0 Å². The first-order valence-corrected chi connectivity index (χ1v) is 9.65. The van der Waals surface area contributed by atoms with Gasteiger partial charge < -0.3 is 0 Å². The molecular weight excluding hydrogens is 330 g/mol. The number of hydrogen-bond donors (Lipinski definition) is 0. The van der Waals surface area contributed by atoms with E-state index in [1.165, 1.54) is 31.7 Å². The first-order chi connectivity index (χ1) is 12.6. The van der Waals surface area contributed by atoms with Crippen LogP contribution in [0.2, 0.25) is 0 Å². The average molecular weight is 356 g/mol. The lowest BCUT2D eigenvalue weighted by molar-refractivity contribution is 0.0942. The second-order valence-corrected chi connectivity index (χ2v) is 7.51. The summed E-state index contributed by atoms with van der Waals surface area (Å²) >= 11 is 0. The smallest absolute Gasteiger partial charge is 0.163 e. The summed E-state index contributed by atoms with van der Waals surface area (Å²) in [5, 5.41) is 0. The molecule has 3 heteroatoms. The third-order valence-corrected chi connectivity index (χ3v) is 5.60. The third kappa shape index (κ3) is 4.57. The summed E-state index contributed by atoms with van der Waals surface area (Å²) < 4.78 is 26.4. The Labute approximate surface area is 154 Å². The summed E-state index contributed by atoms with van der Waals surface area (Å²) in [5.74, 6) is -0.181. The van der Waals surface area contributed by atoms with Gasteiger partial charge in [0.2, 0.25) is 0 Å². The van der Waals surface area contributed by atoms with Crippen molar-refractivity contribution in [2.24, 2.45) is 11.8 Å². The molecular formula is C23H26F2O. The molecule has 0 unspecified atom stereocenters. The molecule has 1 aliphatic carbocycles. The highest BCUT2D eigenvalue weighted by molar-refractivity contribution is 5.96. The maximum atomic E-state index is 13.4. The fraction of sp³-hybridized carbons (Fsp3) is 0.435. The van der Waals surface area contributed by atoms with Gasteiger partial charge in [0.25, 0.3) is 0 Å². The van der Waals surface area contributed by atoms with Crippen molar-refractivity contribution < 1.29 is 13.6 Å². The van der Waals surface area contributed by atoms with Gasteiger partial charge in [-0.2, -0.15) is 0 Å². The molecule has 0 heterocycles. The number of hydrogen-bond acceptors (Lipinski definition) is 1. The van der Waals surface area contributed by atoms with Gasteiger partial charge in [-0.25, -0.2) is 8.78 Å². The fourth-order valence-corrected chi connectivity index (χ4v) is 4.04. The lowest BCUT2D eigenvalue weighted by Gasteiger charge is -2.27. The van der Waals surface area contributed by atoms with Crippen LogP contribution in [-0.4, -0.2) is 5.78 Å². The second-order valence-electron chi connectivity index (χ2n) is 7.51. The Balaban J connectivity index is 1.59. The Bertz CT molecular complexity index is 743. The maximum absolute atomic E-state index is 13.4. The molecule has 138 valence electrons. The van der Waals surface area contributed by atoms with Gasteiger partial charge in [0.15, 0.2) is 17.4 Å². The molecule has 2 aromatic carbocycles. The molecule has 0 bridgehead atoms. The summed E-state index contributed by atoms with van der Waals surface area (Å²) in [6.45, 7) is 2.24. The van der Waals surface area contributed by atoms with Gasteiger partial charge in [-0.05, 0) is 47.9 Å². The normalized spacial score (nSPS) is 20.1. The minimum absolute atomic E-state index is 0.181. The van der Waals surface area contributed by atoms with Crippen LogP contribution in [0, 0.1) is 23.5 Å². The molecule has 0 radical (unpaired) electrons. The van der Waals surface area contributed by atoms with Crippen LogP contribution < -0.4 is 0 Å². The van der Waals surface area contributed by atoms with Gasteiger partial charge in [-0.1, -0.05) is 62.9 Å². The van der Waals surface area contributed by atoms with Crippen LogP contribution >= 0.6 is 0 Å². The van der Waals surface area contributed by atoms with Gasteiger partial charge in [-0.15, -0.1) is 0 Å². The van der Waals surface area contributed by atoms with Crippen molar-refractivity contribution in [2.45, 2.75) is 51.9 Å². The number of rotatable bonds is 6. The van der Waals surface area contributed by atoms with Crippen molar-refractivity contribution in [3.8, 4) is 11.1 Å². The summed E-state index contributed by atoms with van der Waals surface area (Å²) in [6.07, 6.45) is 7.99. The van der Waals surface area contributed by atoms with E-state index in [9.17, 15) is 13.6 Å². The predicted octanol–water partition coefficient (Wildman–Crippen LogP) is 6.81. The molecule has 0 aromatic heterocycles. The monoisotopic (exact) mass is 356 g/mol. The van der Waals surface area contributed by atoms with E-state index in [1.807, 2.05) is 0 Å². The summed E-state index contributed by atoms with van der Waals surface area (Å²) in [5.41, 5.74) is 2.09. The standard InChI is InChI=1S/C23H26F2O/c1-2-3-16-4-6-17(7-5-16)14-23(26)19-10-8-18(9-11-19)20-12-13-21(24)22(25)15-20/h8-13,15-17H,2-7,14H2,1H3. The molecule has 0 amide bonds. The van der Waals surface area contributed by atoms with Gasteiger partial charge in [0.05, 0.1) is 0 Å². The topological polar surface area (TPSA) is 17.1 Å². The number of benzene rings is 2. The molecule has 26 heavy (non-hydrogen) atoms. The predicted molar refractivity (Wildman–Crippen MR) is 101 cm³/mol. The number of Topliss-reactive ketones (excluding diaryl/α,β-unsaturated/α-hetero) is 1. The Kier molecular flexibility index (Phi) is 6.18. The van der Waals surface area contributed by atoms with E-state index in [4.69, 9.17) is 0 Å². The highest BCUT2D eigenvalue weighted by Crippen LogP contribution is 2.34. The first kappa shape index (κ1) is 18.8. The van der Waals surface area contributed by atoms with Crippen LogP contribution in [0.4, 0.5) is 8.78 Å². The minimum atomic E-state index is -0.860. The SMILES string of the molecule is CCCC1CCC(CC(=O)c2ccc(-c3ccc(F)c(F)c3)cc2)CC1. The van der Waals surface area contributed by atoms with Gasteiger partial charge in [-0.3, -0.25) is 4.79 Å². The number of ketones is 1. The quantitative estimate of drug-likeness (QED) is 0.520. The molecule has 2 aromatic rings. The van der Waals surface area contributed by atoms with E-state index >= 15 is 0 Å². The Hall–Kier alpha value is -2.03. The van der Waals surface area contributed by atoms with Crippen molar-refractivity contribution in [1.82, 2.24) is 0 Å². The zero-order valence-electron chi connectivity index (χ0n) is 15.3. The number of carbonyl (C=O) groups is 1. The lowest BCUT2D eigenvalue weighted by atomic mass is 9.78. The Morgan fingerprint density at radius 1 is 0.885 bits per heavy atom. The van der Waals surface area contributed by atoms with Crippen LogP contribution in [0.3, 0.4) is 0 Å². The van der Waals surface area contributed by atoms with E-state index in [0.717, 1.165) is 30.4 Å². The summed E-state index contributed by atoms with van der Waals surface area (Å²) in [4.78, 5) is 12.6. The maximum Gasteiger partial charge on any atom is 0.163 e. The molecule has 0 atom stereocenters. The molecule has 1 nitrogen and oxygen atoms in total. The molecule has 3 rings (SSSR count). The van der Waals surface area contributed by atoms with E-state index < -0.39 is 11.6 Å².